The highest BCUT2D eigenvalue weighted by Gasteiger charge is 2.25. The molecular formula is C16H22FN3O4. The fraction of sp³-hybridized carbons (Fsp3) is 0.562. The number of alkyl halides is 1. The number of halogens is 1. The van der Waals surface area contributed by atoms with Gasteiger partial charge in [0.1, 0.15) is 19.4 Å². The van der Waals surface area contributed by atoms with E-state index < -0.39 is 12.8 Å². The number of likely N-dealkylation sites (tertiary alicyclic amines) is 1. The zero-order chi connectivity index (χ0) is 17.5. The van der Waals surface area contributed by atoms with Crippen molar-refractivity contribution in [3.63, 3.8) is 0 Å². The van der Waals surface area contributed by atoms with Crippen LogP contribution in [-0.2, 0) is 4.74 Å². The molecule has 0 bridgehead atoms. The van der Waals surface area contributed by atoms with Gasteiger partial charge in [-0.1, -0.05) is 0 Å². The predicted molar refractivity (Wildman–Crippen MR) is 84.8 cm³/mol. The maximum atomic E-state index is 12.0. The normalized spacial score (nSPS) is 15.0. The van der Waals surface area contributed by atoms with Crippen LogP contribution in [0, 0.1) is 0 Å². The third-order valence-corrected chi connectivity index (χ3v) is 3.68. The Kier molecular flexibility index (Phi) is 6.34. The van der Waals surface area contributed by atoms with Gasteiger partial charge in [-0.3, -0.25) is 4.79 Å². The van der Waals surface area contributed by atoms with Crippen LogP contribution >= 0.6 is 0 Å². The third-order valence-electron chi connectivity index (χ3n) is 3.68. The third kappa shape index (κ3) is 4.81. The fourth-order valence-corrected chi connectivity index (χ4v) is 2.38. The Hall–Kier alpha value is -2.38. The number of nitrogens with zero attached hydrogens (tertiary/aromatic N) is 3. The molecule has 8 heteroatoms. The minimum absolute atomic E-state index is 0.0573. The second-order valence-electron chi connectivity index (χ2n) is 5.69. The van der Waals surface area contributed by atoms with Crippen LogP contribution < -0.4 is 4.74 Å². The van der Waals surface area contributed by atoms with E-state index in [0.29, 0.717) is 37.4 Å². The molecule has 1 aromatic heterocycles. The average molecular weight is 339 g/mol. The summed E-state index contributed by atoms with van der Waals surface area (Å²) in [6.07, 6.45) is 2.23. The molecule has 1 saturated heterocycles. The highest BCUT2D eigenvalue weighted by molar-refractivity contribution is 5.93. The first kappa shape index (κ1) is 18.0. The summed E-state index contributed by atoms with van der Waals surface area (Å²) >= 11 is 0. The lowest BCUT2D eigenvalue weighted by molar-refractivity contribution is 0.0633. The van der Waals surface area contributed by atoms with Crippen molar-refractivity contribution in [2.75, 3.05) is 40.5 Å². The molecule has 2 heterocycles. The van der Waals surface area contributed by atoms with Gasteiger partial charge in [0.05, 0.1) is 5.56 Å². The van der Waals surface area contributed by atoms with E-state index in [4.69, 9.17) is 9.47 Å². The average Bonchev–Trinajstić information content (AvgIpc) is 2.60. The van der Waals surface area contributed by atoms with Crippen molar-refractivity contribution in [1.29, 1.82) is 0 Å². The Bertz CT molecular complexity index is 557. The van der Waals surface area contributed by atoms with E-state index in [2.05, 4.69) is 4.98 Å². The van der Waals surface area contributed by atoms with Crippen molar-refractivity contribution in [3.05, 3.63) is 23.9 Å². The van der Waals surface area contributed by atoms with Crippen LogP contribution in [0.5, 0.6) is 5.88 Å². The largest absolute Gasteiger partial charge is 0.474 e. The molecular weight excluding hydrogens is 317 g/mol. The Balaban J connectivity index is 1.81. The van der Waals surface area contributed by atoms with Crippen LogP contribution in [0.2, 0.25) is 0 Å². The van der Waals surface area contributed by atoms with Gasteiger partial charge in [-0.25, -0.2) is 14.2 Å². The highest BCUT2D eigenvalue weighted by atomic mass is 19.1. The van der Waals surface area contributed by atoms with Gasteiger partial charge < -0.3 is 19.3 Å². The van der Waals surface area contributed by atoms with Crippen molar-refractivity contribution in [2.24, 2.45) is 0 Å². The molecule has 7 nitrogen and oxygen atoms in total. The van der Waals surface area contributed by atoms with Crippen LogP contribution in [0.4, 0.5) is 9.18 Å². The standard InChI is InChI=1S/C16H22FN3O4/c1-19(2)15(21)12-3-4-14(18-11-12)24-13-5-8-20(9-6-13)16(22)23-10-7-17/h3-4,11,13H,5-10H2,1-2H3. The smallest absolute Gasteiger partial charge is 0.409 e. The number of hydrogen-bond acceptors (Lipinski definition) is 5. The molecule has 1 fully saturated rings. The molecule has 1 aromatic rings. The van der Waals surface area contributed by atoms with Gasteiger partial charge in [-0.2, -0.15) is 0 Å². The number of pyridine rings is 1. The number of carbonyl (C=O) groups excluding carboxylic acids is 2. The van der Waals surface area contributed by atoms with E-state index in [1.165, 1.54) is 11.1 Å². The van der Waals surface area contributed by atoms with Crippen LogP contribution in [0.1, 0.15) is 23.2 Å². The lowest BCUT2D eigenvalue weighted by atomic mass is 10.1. The minimum atomic E-state index is -0.677. The van der Waals surface area contributed by atoms with Gasteiger partial charge in [-0.05, 0) is 6.07 Å². The van der Waals surface area contributed by atoms with E-state index in [1.807, 2.05) is 0 Å². The predicted octanol–water partition coefficient (Wildman–Crippen LogP) is 1.73. The topological polar surface area (TPSA) is 72.0 Å². The number of piperidine rings is 1. The molecule has 1 aliphatic heterocycles. The van der Waals surface area contributed by atoms with Gasteiger partial charge >= 0.3 is 6.09 Å². The number of carbonyl (C=O) groups is 2. The van der Waals surface area contributed by atoms with E-state index in [-0.39, 0.29) is 18.6 Å². The molecule has 0 aliphatic carbocycles. The molecule has 0 spiro atoms. The molecule has 0 unspecified atom stereocenters. The molecule has 0 saturated carbocycles. The summed E-state index contributed by atoms with van der Waals surface area (Å²) < 4.78 is 22.5. The maximum absolute atomic E-state index is 12.0. The molecule has 0 aromatic carbocycles. The number of aromatic nitrogens is 1. The van der Waals surface area contributed by atoms with Crippen molar-refractivity contribution in [2.45, 2.75) is 18.9 Å². The summed E-state index contributed by atoms with van der Waals surface area (Å²) in [5.74, 6) is 0.331. The monoisotopic (exact) mass is 339 g/mol. The Morgan fingerprint density at radius 1 is 1.33 bits per heavy atom. The second-order valence-corrected chi connectivity index (χ2v) is 5.69. The summed E-state index contributed by atoms with van der Waals surface area (Å²) in [4.78, 5) is 30.6. The lowest BCUT2D eigenvalue weighted by Crippen LogP contribution is -2.42. The summed E-state index contributed by atoms with van der Waals surface area (Å²) in [5, 5.41) is 0. The molecule has 0 N–H and O–H groups in total. The first-order chi connectivity index (χ1) is 11.5. The number of amides is 2. The molecule has 2 rings (SSSR count). The van der Waals surface area contributed by atoms with Crippen molar-refractivity contribution >= 4 is 12.0 Å². The molecule has 2 amide bonds. The summed E-state index contributed by atoms with van der Waals surface area (Å²) in [6.45, 7) is 0.0977. The van der Waals surface area contributed by atoms with Gasteiger partial charge in [0.2, 0.25) is 5.88 Å². The lowest BCUT2D eigenvalue weighted by Gasteiger charge is -2.31. The quantitative estimate of drug-likeness (QED) is 0.817. The molecule has 0 atom stereocenters. The highest BCUT2D eigenvalue weighted by Crippen LogP contribution is 2.18. The molecule has 1 aliphatic rings. The Labute approximate surface area is 140 Å². The van der Waals surface area contributed by atoms with E-state index in [9.17, 15) is 14.0 Å². The van der Waals surface area contributed by atoms with E-state index in [1.54, 1.807) is 31.1 Å². The zero-order valence-electron chi connectivity index (χ0n) is 13.9. The zero-order valence-corrected chi connectivity index (χ0v) is 13.9. The molecule has 0 radical (unpaired) electrons. The summed E-state index contributed by atoms with van der Waals surface area (Å²) in [6, 6.07) is 3.34. The SMILES string of the molecule is CN(C)C(=O)c1ccc(OC2CCN(C(=O)OCCF)CC2)nc1. The van der Waals surface area contributed by atoms with Gasteiger partial charge in [0.15, 0.2) is 0 Å². The van der Waals surface area contributed by atoms with E-state index in [0.717, 1.165) is 0 Å². The Morgan fingerprint density at radius 2 is 2.04 bits per heavy atom. The first-order valence-corrected chi connectivity index (χ1v) is 7.83. The molecule has 24 heavy (non-hydrogen) atoms. The van der Waals surface area contributed by atoms with Crippen LogP contribution in [-0.4, -0.2) is 73.4 Å². The van der Waals surface area contributed by atoms with Gasteiger partial charge in [0.25, 0.3) is 5.91 Å². The number of ether oxygens (including phenoxy) is 2. The van der Waals surface area contributed by atoms with Crippen LogP contribution in [0.3, 0.4) is 0 Å². The summed E-state index contributed by atoms with van der Waals surface area (Å²) in [5.41, 5.74) is 0.498. The van der Waals surface area contributed by atoms with Crippen LogP contribution in [0.25, 0.3) is 0 Å². The first-order valence-electron chi connectivity index (χ1n) is 7.83. The molecule has 132 valence electrons. The Morgan fingerprint density at radius 3 is 2.58 bits per heavy atom. The van der Waals surface area contributed by atoms with Gasteiger partial charge in [0, 0.05) is 52.3 Å². The van der Waals surface area contributed by atoms with Gasteiger partial charge in [-0.15, -0.1) is 0 Å². The fourth-order valence-electron chi connectivity index (χ4n) is 2.38. The maximum Gasteiger partial charge on any atom is 0.409 e. The van der Waals surface area contributed by atoms with Crippen LogP contribution in [0.15, 0.2) is 18.3 Å². The van der Waals surface area contributed by atoms with Crippen molar-refractivity contribution in [1.82, 2.24) is 14.8 Å². The number of hydrogen-bond donors (Lipinski definition) is 0. The second kappa shape index (κ2) is 8.47. The van der Waals surface area contributed by atoms with Crippen molar-refractivity contribution in [3.8, 4) is 5.88 Å². The van der Waals surface area contributed by atoms with Crippen molar-refractivity contribution < 1.29 is 23.5 Å². The summed E-state index contributed by atoms with van der Waals surface area (Å²) in [7, 11) is 3.36. The van der Waals surface area contributed by atoms with E-state index >= 15 is 0 Å². The number of rotatable bonds is 5. The minimum Gasteiger partial charge on any atom is -0.474 e.